The largest absolute Gasteiger partial charge is 0.372 e. The van der Waals surface area contributed by atoms with Crippen LogP contribution in [0.5, 0.6) is 0 Å². The molecule has 0 radical (unpaired) electrons. The Bertz CT molecular complexity index is 438. The lowest BCUT2D eigenvalue weighted by molar-refractivity contribution is -0.119. The lowest BCUT2D eigenvalue weighted by Crippen LogP contribution is -2.39. The van der Waals surface area contributed by atoms with Crippen molar-refractivity contribution in [1.29, 1.82) is 0 Å². The molecule has 2 rings (SSSR count). The maximum absolute atomic E-state index is 13.5. The fraction of sp³-hybridized carbons (Fsp3) is 0.222. The van der Waals surface area contributed by atoms with Crippen LogP contribution >= 0.6 is 15.9 Å². The van der Waals surface area contributed by atoms with Crippen molar-refractivity contribution in [2.45, 2.75) is 12.1 Å². The van der Waals surface area contributed by atoms with Gasteiger partial charge in [0.25, 0.3) is 0 Å². The average molecular weight is 274 g/mol. The Labute approximate surface area is 93.9 Å². The van der Waals surface area contributed by atoms with Gasteiger partial charge in [-0.25, -0.2) is 4.39 Å². The first-order chi connectivity index (χ1) is 7.00. The van der Waals surface area contributed by atoms with Gasteiger partial charge in [0.05, 0.1) is 6.04 Å². The van der Waals surface area contributed by atoms with Crippen molar-refractivity contribution in [1.82, 2.24) is 0 Å². The lowest BCUT2D eigenvalue weighted by Gasteiger charge is -2.11. The molecular formula is C9H9BrFN3O. The van der Waals surface area contributed by atoms with Gasteiger partial charge in [-0.05, 0) is 12.1 Å². The van der Waals surface area contributed by atoms with Crippen LogP contribution in [0.15, 0.2) is 16.6 Å². The molecule has 0 saturated heterocycles. The maximum atomic E-state index is 13.5. The second-order valence-electron chi connectivity index (χ2n) is 3.40. The van der Waals surface area contributed by atoms with Crippen molar-refractivity contribution in [3.05, 3.63) is 28.0 Å². The van der Waals surface area contributed by atoms with Crippen LogP contribution in [0.25, 0.3) is 0 Å². The molecule has 1 aliphatic rings. The molecular weight excluding hydrogens is 265 g/mol. The standard InChI is InChI=1S/C9H9BrFN3O/c10-3-1-4(11)6-5(2-3)14-8(7(6)12)9(13)15/h1-2,7-8,14H,12H2,(H2,13,15). The molecule has 0 fully saturated rings. The Hall–Kier alpha value is -1.14. The van der Waals surface area contributed by atoms with Crippen molar-refractivity contribution >= 4 is 27.5 Å². The van der Waals surface area contributed by atoms with E-state index in [0.717, 1.165) is 0 Å². The summed E-state index contributed by atoms with van der Waals surface area (Å²) in [5.74, 6) is -1.03. The Balaban J connectivity index is 2.49. The average Bonchev–Trinajstić information content (AvgIpc) is 2.42. The lowest BCUT2D eigenvalue weighted by atomic mass is 10.0. The van der Waals surface area contributed by atoms with Gasteiger partial charge in [-0.2, -0.15) is 0 Å². The quantitative estimate of drug-likeness (QED) is 0.710. The second-order valence-corrected chi connectivity index (χ2v) is 4.31. The van der Waals surface area contributed by atoms with Crippen molar-refractivity contribution < 1.29 is 9.18 Å². The second kappa shape index (κ2) is 3.46. The summed E-state index contributed by atoms with van der Waals surface area (Å²) in [6.07, 6.45) is 0. The minimum atomic E-state index is -0.746. The number of benzene rings is 1. The molecule has 0 spiro atoms. The first-order valence-corrected chi connectivity index (χ1v) is 5.10. The molecule has 1 aromatic rings. The summed E-state index contributed by atoms with van der Waals surface area (Å²) in [6, 6.07) is 1.50. The highest BCUT2D eigenvalue weighted by atomic mass is 79.9. The minimum Gasteiger partial charge on any atom is -0.372 e. The molecule has 2 unspecified atom stereocenters. The van der Waals surface area contributed by atoms with Crippen molar-refractivity contribution in [2.75, 3.05) is 5.32 Å². The van der Waals surface area contributed by atoms with Gasteiger partial charge in [-0.1, -0.05) is 15.9 Å². The number of anilines is 1. The molecule has 0 saturated carbocycles. The SMILES string of the molecule is NC(=O)C1Nc2cc(Br)cc(F)c2C1N. The van der Waals surface area contributed by atoms with E-state index in [9.17, 15) is 9.18 Å². The number of nitrogens with one attached hydrogen (secondary N) is 1. The normalized spacial score (nSPS) is 23.4. The van der Waals surface area contributed by atoms with E-state index in [1.165, 1.54) is 6.07 Å². The molecule has 0 aromatic heterocycles. The topological polar surface area (TPSA) is 81.1 Å². The Kier molecular flexibility index (Phi) is 2.40. The van der Waals surface area contributed by atoms with Gasteiger partial charge in [0.15, 0.2) is 0 Å². The number of hydrogen-bond acceptors (Lipinski definition) is 3. The fourth-order valence-electron chi connectivity index (χ4n) is 1.72. The van der Waals surface area contributed by atoms with Crippen molar-refractivity contribution in [3.8, 4) is 0 Å². The van der Waals surface area contributed by atoms with Gasteiger partial charge >= 0.3 is 0 Å². The molecule has 0 aliphatic carbocycles. The number of fused-ring (bicyclic) bond motifs is 1. The van der Waals surface area contributed by atoms with Gasteiger partial charge in [-0.15, -0.1) is 0 Å². The predicted molar refractivity (Wildman–Crippen MR) is 57.6 cm³/mol. The van der Waals surface area contributed by atoms with E-state index >= 15 is 0 Å². The molecule has 6 heteroatoms. The summed E-state index contributed by atoms with van der Waals surface area (Å²) in [5, 5.41) is 2.80. The first kappa shape index (κ1) is 10.4. The molecule has 4 nitrogen and oxygen atoms in total. The van der Waals surface area contributed by atoms with E-state index in [1.54, 1.807) is 6.07 Å². The number of carbonyl (C=O) groups excluding carboxylic acids is 1. The molecule has 2 atom stereocenters. The molecule has 1 amide bonds. The zero-order valence-corrected chi connectivity index (χ0v) is 9.21. The maximum Gasteiger partial charge on any atom is 0.241 e. The highest BCUT2D eigenvalue weighted by Crippen LogP contribution is 2.36. The van der Waals surface area contributed by atoms with E-state index < -0.39 is 23.8 Å². The summed E-state index contributed by atoms with van der Waals surface area (Å²) in [6.45, 7) is 0. The first-order valence-electron chi connectivity index (χ1n) is 4.31. The molecule has 1 aliphatic heterocycles. The summed E-state index contributed by atoms with van der Waals surface area (Å²) < 4.78 is 14.1. The summed E-state index contributed by atoms with van der Waals surface area (Å²) in [4.78, 5) is 11.0. The number of nitrogens with two attached hydrogens (primary N) is 2. The number of amides is 1. The van der Waals surface area contributed by atoms with Crippen LogP contribution in [-0.2, 0) is 4.79 Å². The van der Waals surface area contributed by atoms with E-state index in [0.29, 0.717) is 15.7 Å². The predicted octanol–water partition coefficient (Wildman–Crippen LogP) is 0.867. The van der Waals surface area contributed by atoms with Crippen LogP contribution < -0.4 is 16.8 Å². The zero-order chi connectivity index (χ0) is 11.2. The summed E-state index contributed by atoms with van der Waals surface area (Å²) in [5.41, 5.74) is 11.7. The van der Waals surface area contributed by atoms with Crippen LogP contribution in [0, 0.1) is 5.82 Å². The number of halogens is 2. The number of hydrogen-bond donors (Lipinski definition) is 3. The highest BCUT2D eigenvalue weighted by molar-refractivity contribution is 9.10. The van der Waals surface area contributed by atoms with Gasteiger partial charge in [0.1, 0.15) is 11.9 Å². The fourth-order valence-corrected chi connectivity index (χ4v) is 2.14. The van der Waals surface area contributed by atoms with Crippen LogP contribution in [-0.4, -0.2) is 11.9 Å². The molecule has 15 heavy (non-hydrogen) atoms. The number of primary amides is 1. The molecule has 1 heterocycles. The van der Waals surface area contributed by atoms with Crippen LogP contribution in [0.1, 0.15) is 11.6 Å². The van der Waals surface area contributed by atoms with Crippen LogP contribution in [0.4, 0.5) is 10.1 Å². The summed E-state index contributed by atoms with van der Waals surface area (Å²) in [7, 11) is 0. The Morgan fingerprint density at radius 1 is 1.53 bits per heavy atom. The van der Waals surface area contributed by atoms with E-state index in [1.807, 2.05) is 0 Å². The monoisotopic (exact) mass is 273 g/mol. The third-order valence-electron chi connectivity index (χ3n) is 2.40. The Morgan fingerprint density at radius 3 is 2.80 bits per heavy atom. The molecule has 0 bridgehead atoms. The van der Waals surface area contributed by atoms with Crippen LogP contribution in [0.2, 0.25) is 0 Å². The van der Waals surface area contributed by atoms with Gasteiger partial charge < -0.3 is 16.8 Å². The van der Waals surface area contributed by atoms with Gasteiger partial charge in [0.2, 0.25) is 5.91 Å². The molecule has 5 N–H and O–H groups in total. The van der Waals surface area contributed by atoms with Gasteiger partial charge in [0, 0.05) is 15.7 Å². The van der Waals surface area contributed by atoms with Gasteiger partial charge in [-0.3, -0.25) is 4.79 Å². The minimum absolute atomic E-state index is 0.307. The zero-order valence-electron chi connectivity index (χ0n) is 7.63. The Morgan fingerprint density at radius 2 is 2.20 bits per heavy atom. The van der Waals surface area contributed by atoms with E-state index in [2.05, 4.69) is 21.2 Å². The van der Waals surface area contributed by atoms with Crippen molar-refractivity contribution in [3.63, 3.8) is 0 Å². The third kappa shape index (κ3) is 1.59. The van der Waals surface area contributed by atoms with Crippen LogP contribution in [0.3, 0.4) is 0 Å². The van der Waals surface area contributed by atoms with Crippen molar-refractivity contribution in [2.24, 2.45) is 11.5 Å². The smallest absolute Gasteiger partial charge is 0.241 e. The number of carbonyl (C=O) groups is 1. The summed E-state index contributed by atoms with van der Waals surface area (Å²) >= 11 is 3.16. The molecule has 80 valence electrons. The molecule has 1 aromatic carbocycles. The van der Waals surface area contributed by atoms with E-state index in [4.69, 9.17) is 11.5 Å². The van der Waals surface area contributed by atoms with E-state index in [-0.39, 0.29) is 0 Å². The third-order valence-corrected chi connectivity index (χ3v) is 2.86. The number of rotatable bonds is 1. The highest BCUT2D eigenvalue weighted by Gasteiger charge is 2.35.